The average molecular weight is 390 g/mol. The largest absolute Gasteiger partial charge is 0.454 e. The zero-order chi connectivity index (χ0) is 16.2. The smallest absolute Gasteiger partial charge is 0.287 e. The molecule has 0 bridgehead atoms. The van der Waals surface area contributed by atoms with Gasteiger partial charge in [-0.3, -0.25) is 9.48 Å². The number of aromatic nitrogens is 2. The second kappa shape index (κ2) is 7.10. The number of amides is 1. The molecule has 0 unspecified atom stereocenters. The molecular formula is C13H16BrN3O4S. The maximum Gasteiger partial charge on any atom is 0.287 e. The van der Waals surface area contributed by atoms with Crippen LogP contribution < -0.4 is 5.32 Å². The summed E-state index contributed by atoms with van der Waals surface area (Å²) in [6.45, 7) is 2.05. The van der Waals surface area contributed by atoms with E-state index >= 15 is 0 Å². The van der Waals surface area contributed by atoms with E-state index in [1.165, 1.54) is 0 Å². The van der Waals surface area contributed by atoms with Gasteiger partial charge in [-0.25, -0.2) is 8.42 Å². The summed E-state index contributed by atoms with van der Waals surface area (Å²) in [5.74, 6) is 0.286. The van der Waals surface area contributed by atoms with E-state index in [0.29, 0.717) is 12.3 Å². The number of hydrogen-bond acceptors (Lipinski definition) is 5. The molecule has 1 amide bonds. The molecule has 0 atom stereocenters. The van der Waals surface area contributed by atoms with Gasteiger partial charge in [0.2, 0.25) is 0 Å². The van der Waals surface area contributed by atoms with Crippen LogP contribution in [0.5, 0.6) is 0 Å². The summed E-state index contributed by atoms with van der Waals surface area (Å²) in [5.41, 5.74) is 0. The van der Waals surface area contributed by atoms with Crippen molar-refractivity contribution in [3.8, 4) is 0 Å². The summed E-state index contributed by atoms with van der Waals surface area (Å²) in [4.78, 5) is 11.9. The van der Waals surface area contributed by atoms with E-state index < -0.39 is 15.7 Å². The third-order valence-corrected chi connectivity index (χ3v) is 5.06. The molecule has 2 heterocycles. The number of furan rings is 1. The van der Waals surface area contributed by atoms with Crippen molar-refractivity contribution in [2.24, 2.45) is 0 Å². The Morgan fingerprint density at radius 2 is 2.23 bits per heavy atom. The van der Waals surface area contributed by atoms with Gasteiger partial charge in [-0.05, 0) is 28.1 Å². The topological polar surface area (TPSA) is 94.2 Å². The van der Waals surface area contributed by atoms with E-state index in [0.717, 1.165) is 4.47 Å². The van der Waals surface area contributed by atoms with Gasteiger partial charge < -0.3 is 9.73 Å². The van der Waals surface area contributed by atoms with Gasteiger partial charge in [0.1, 0.15) is 5.76 Å². The first-order valence-corrected chi connectivity index (χ1v) is 9.26. The number of rotatable bonds is 7. The standard InChI is InChI=1S/C13H16BrN3O4S/c1-2-22(19,20)6-5-15-13(18)12-4-3-11(21-12)9-17-8-10(14)7-16-17/h3-4,7-8H,2,5-6,9H2,1H3,(H,15,18). The zero-order valence-electron chi connectivity index (χ0n) is 12.0. The molecule has 0 radical (unpaired) electrons. The summed E-state index contributed by atoms with van der Waals surface area (Å²) in [7, 11) is -3.09. The SMILES string of the molecule is CCS(=O)(=O)CCNC(=O)c1ccc(Cn2cc(Br)cn2)o1. The highest BCUT2D eigenvalue weighted by Gasteiger charge is 2.13. The first kappa shape index (κ1) is 16.8. The molecule has 0 saturated carbocycles. The van der Waals surface area contributed by atoms with Crippen LogP contribution in [0.4, 0.5) is 0 Å². The summed E-state index contributed by atoms with van der Waals surface area (Å²) < 4.78 is 30.6. The van der Waals surface area contributed by atoms with Crippen LogP contribution in [0, 0.1) is 0 Å². The molecular weight excluding hydrogens is 374 g/mol. The lowest BCUT2D eigenvalue weighted by Gasteiger charge is -2.03. The van der Waals surface area contributed by atoms with Crippen molar-refractivity contribution >= 4 is 31.7 Å². The van der Waals surface area contributed by atoms with Gasteiger partial charge in [0.15, 0.2) is 15.6 Å². The molecule has 9 heteroatoms. The summed E-state index contributed by atoms with van der Waals surface area (Å²) in [6.07, 6.45) is 3.45. The minimum absolute atomic E-state index is 0.0627. The lowest BCUT2D eigenvalue weighted by atomic mass is 10.4. The zero-order valence-corrected chi connectivity index (χ0v) is 14.4. The van der Waals surface area contributed by atoms with Crippen LogP contribution in [-0.4, -0.2) is 42.2 Å². The predicted molar refractivity (Wildman–Crippen MR) is 84.4 cm³/mol. The molecule has 22 heavy (non-hydrogen) atoms. The molecule has 0 spiro atoms. The van der Waals surface area contributed by atoms with E-state index in [4.69, 9.17) is 4.42 Å². The molecule has 0 aliphatic heterocycles. The van der Waals surface area contributed by atoms with E-state index in [1.807, 2.05) is 0 Å². The van der Waals surface area contributed by atoms with E-state index in [2.05, 4.69) is 26.3 Å². The van der Waals surface area contributed by atoms with Gasteiger partial charge >= 0.3 is 0 Å². The number of carbonyl (C=O) groups is 1. The fourth-order valence-corrected chi connectivity index (χ4v) is 2.75. The number of nitrogens with one attached hydrogen (secondary N) is 1. The van der Waals surface area contributed by atoms with Crippen LogP contribution in [-0.2, 0) is 16.4 Å². The third kappa shape index (κ3) is 4.70. The lowest BCUT2D eigenvalue weighted by Crippen LogP contribution is -2.29. The van der Waals surface area contributed by atoms with Gasteiger partial charge in [0.25, 0.3) is 5.91 Å². The molecule has 120 valence electrons. The maximum atomic E-state index is 11.9. The van der Waals surface area contributed by atoms with Crippen molar-refractivity contribution in [3.63, 3.8) is 0 Å². The lowest BCUT2D eigenvalue weighted by molar-refractivity contribution is 0.0926. The molecule has 2 rings (SSSR count). The van der Waals surface area contributed by atoms with E-state index in [-0.39, 0.29) is 23.8 Å². The third-order valence-electron chi connectivity index (χ3n) is 2.94. The summed E-state index contributed by atoms with van der Waals surface area (Å²) >= 11 is 3.30. The minimum Gasteiger partial charge on any atom is -0.454 e. The monoisotopic (exact) mass is 389 g/mol. The van der Waals surface area contributed by atoms with Crippen LogP contribution in [0.3, 0.4) is 0 Å². The minimum atomic E-state index is -3.09. The molecule has 7 nitrogen and oxygen atoms in total. The van der Waals surface area contributed by atoms with Crippen LogP contribution in [0.15, 0.2) is 33.4 Å². The molecule has 1 N–H and O–H groups in total. The molecule has 0 aliphatic carbocycles. The number of hydrogen-bond donors (Lipinski definition) is 1. The molecule has 0 aliphatic rings. The highest BCUT2D eigenvalue weighted by Crippen LogP contribution is 2.12. The number of halogens is 1. The Bertz CT molecular complexity index is 751. The van der Waals surface area contributed by atoms with Gasteiger partial charge in [-0.15, -0.1) is 0 Å². The summed E-state index contributed by atoms with van der Waals surface area (Å²) in [6, 6.07) is 3.24. The molecule has 0 saturated heterocycles. The van der Waals surface area contributed by atoms with Gasteiger partial charge in [0, 0.05) is 18.5 Å². The van der Waals surface area contributed by atoms with Gasteiger partial charge in [-0.2, -0.15) is 5.10 Å². The first-order valence-electron chi connectivity index (χ1n) is 6.65. The van der Waals surface area contributed by atoms with Crippen LogP contribution in [0.25, 0.3) is 0 Å². The average Bonchev–Trinajstić information content (AvgIpc) is 3.08. The second-order valence-corrected chi connectivity index (χ2v) is 8.00. The van der Waals surface area contributed by atoms with Crippen molar-refractivity contribution in [1.29, 1.82) is 0 Å². The molecule has 2 aromatic rings. The Morgan fingerprint density at radius 1 is 1.45 bits per heavy atom. The Balaban J connectivity index is 1.89. The van der Waals surface area contributed by atoms with Gasteiger partial charge in [-0.1, -0.05) is 6.92 Å². The van der Waals surface area contributed by atoms with Crippen molar-refractivity contribution in [3.05, 3.63) is 40.5 Å². The highest BCUT2D eigenvalue weighted by atomic mass is 79.9. The molecule has 0 fully saturated rings. The van der Waals surface area contributed by atoms with Crippen molar-refractivity contribution in [1.82, 2.24) is 15.1 Å². The Kier molecular flexibility index (Phi) is 5.41. The second-order valence-electron chi connectivity index (χ2n) is 4.61. The highest BCUT2D eigenvalue weighted by molar-refractivity contribution is 9.10. The first-order chi connectivity index (χ1) is 10.4. The Morgan fingerprint density at radius 3 is 2.86 bits per heavy atom. The van der Waals surface area contributed by atoms with Crippen LogP contribution in [0.2, 0.25) is 0 Å². The molecule has 2 aromatic heterocycles. The number of sulfone groups is 1. The Labute approximate surface area is 136 Å². The van der Waals surface area contributed by atoms with E-state index in [1.54, 1.807) is 36.1 Å². The maximum absolute atomic E-state index is 11.9. The fraction of sp³-hybridized carbons (Fsp3) is 0.385. The number of carbonyl (C=O) groups excluding carboxylic acids is 1. The molecule has 0 aromatic carbocycles. The van der Waals surface area contributed by atoms with Crippen molar-refractivity contribution < 1.29 is 17.6 Å². The quantitative estimate of drug-likeness (QED) is 0.773. The van der Waals surface area contributed by atoms with Crippen LogP contribution in [0.1, 0.15) is 23.2 Å². The van der Waals surface area contributed by atoms with Gasteiger partial charge in [0.05, 0.1) is 23.0 Å². The fourth-order valence-electron chi connectivity index (χ4n) is 1.72. The Hall–Kier alpha value is -1.61. The number of nitrogens with zero attached hydrogens (tertiary/aromatic N) is 2. The summed E-state index contributed by atoms with van der Waals surface area (Å²) in [5, 5.41) is 6.62. The van der Waals surface area contributed by atoms with Crippen molar-refractivity contribution in [2.75, 3.05) is 18.1 Å². The van der Waals surface area contributed by atoms with Crippen molar-refractivity contribution in [2.45, 2.75) is 13.5 Å². The van der Waals surface area contributed by atoms with E-state index in [9.17, 15) is 13.2 Å². The normalized spacial score (nSPS) is 11.5. The predicted octanol–water partition coefficient (Wildman–Crippen LogP) is 1.45. The van der Waals surface area contributed by atoms with Crippen LogP contribution >= 0.6 is 15.9 Å².